The van der Waals surface area contributed by atoms with Crippen LogP contribution < -0.4 is 11.3 Å². The van der Waals surface area contributed by atoms with Gasteiger partial charge in [-0.05, 0) is 30.9 Å². The number of hydrogen-bond donors (Lipinski definition) is 2. The van der Waals surface area contributed by atoms with Crippen molar-refractivity contribution in [2.24, 2.45) is 11.8 Å². The minimum absolute atomic E-state index is 0.0427. The van der Waals surface area contributed by atoms with E-state index >= 15 is 0 Å². The topological polar surface area (TPSA) is 50.9 Å². The Labute approximate surface area is 96.0 Å². The summed E-state index contributed by atoms with van der Waals surface area (Å²) < 4.78 is 0. The van der Waals surface area contributed by atoms with Crippen LogP contribution in [0.1, 0.15) is 38.4 Å². The molecular weight excluding hydrogens is 210 g/mol. The average Bonchev–Trinajstić information content (AvgIpc) is 2.21. The lowest BCUT2D eigenvalue weighted by Crippen LogP contribution is -2.29. The van der Waals surface area contributed by atoms with E-state index in [1.807, 2.05) is 12.1 Å². The minimum atomic E-state index is 0.0427. The van der Waals surface area contributed by atoms with Crippen molar-refractivity contribution in [2.45, 2.75) is 32.7 Å². The first-order valence-electron chi connectivity index (χ1n) is 5.21. The molecule has 1 unspecified atom stereocenters. The van der Waals surface area contributed by atoms with E-state index in [0.717, 1.165) is 18.5 Å². The normalized spacial score (nSPS) is 13.1. The molecule has 0 amide bonds. The van der Waals surface area contributed by atoms with Crippen molar-refractivity contribution in [1.29, 1.82) is 0 Å². The monoisotopic (exact) mass is 227 g/mol. The third-order valence-corrected chi connectivity index (χ3v) is 2.67. The molecule has 1 aromatic rings. The number of nitrogens with zero attached hydrogens (tertiary/aromatic N) is 1. The van der Waals surface area contributed by atoms with Crippen LogP contribution in [0.15, 0.2) is 18.3 Å². The molecule has 3 N–H and O–H groups in total. The highest BCUT2D eigenvalue weighted by molar-refractivity contribution is 6.31. The molecule has 0 spiro atoms. The lowest BCUT2D eigenvalue weighted by atomic mass is 10.0. The highest BCUT2D eigenvalue weighted by Gasteiger charge is 2.14. The second-order valence-electron chi connectivity index (χ2n) is 4.06. The lowest BCUT2D eigenvalue weighted by Gasteiger charge is -2.17. The molecular formula is C11H18ClN3. The van der Waals surface area contributed by atoms with E-state index in [9.17, 15) is 0 Å². The van der Waals surface area contributed by atoms with E-state index in [1.165, 1.54) is 0 Å². The van der Waals surface area contributed by atoms with Gasteiger partial charge in [0.2, 0.25) is 0 Å². The van der Waals surface area contributed by atoms with E-state index in [1.54, 1.807) is 6.20 Å². The molecule has 3 nitrogen and oxygen atoms in total. The number of rotatable bonds is 5. The number of hydrazine groups is 1. The fraction of sp³-hybridized carbons (Fsp3) is 0.545. The van der Waals surface area contributed by atoms with E-state index in [-0.39, 0.29) is 6.04 Å². The summed E-state index contributed by atoms with van der Waals surface area (Å²) in [4.78, 5) is 4.25. The van der Waals surface area contributed by atoms with Crippen molar-refractivity contribution in [2.75, 3.05) is 0 Å². The average molecular weight is 228 g/mol. The van der Waals surface area contributed by atoms with E-state index < -0.39 is 0 Å². The van der Waals surface area contributed by atoms with Crippen LogP contribution in [0.3, 0.4) is 0 Å². The van der Waals surface area contributed by atoms with Crippen LogP contribution in [-0.2, 0) is 0 Å². The molecule has 84 valence electrons. The quantitative estimate of drug-likeness (QED) is 0.601. The molecule has 0 radical (unpaired) electrons. The third kappa shape index (κ3) is 3.78. The summed E-state index contributed by atoms with van der Waals surface area (Å²) in [5, 5.41) is 0.671. The minimum Gasteiger partial charge on any atom is -0.271 e. The smallest absolute Gasteiger partial charge is 0.0772 e. The zero-order chi connectivity index (χ0) is 11.3. The van der Waals surface area contributed by atoms with Gasteiger partial charge in [-0.2, -0.15) is 0 Å². The van der Waals surface area contributed by atoms with E-state index in [2.05, 4.69) is 24.3 Å². The summed E-state index contributed by atoms with van der Waals surface area (Å²) in [5.74, 6) is 6.17. The van der Waals surface area contributed by atoms with Gasteiger partial charge in [-0.15, -0.1) is 0 Å². The molecule has 0 aromatic carbocycles. The van der Waals surface area contributed by atoms with E-state index in [0.29, 0.717) is 10.9 Å². The summed E-state index contributed by atoms with van der Waals surface area (Å²) in [6.07, 6.45) is 3.79. The summed E-state index contributed by atoms with van der Waals surface area (Å²) >= 11 is 6.06. The fourth-order valence-corrected chi connectivity index (χ4v) is 1.71. The van der Waals surface area contributed by atoms with Crippen molar-refractivity contribution < 1.29 is 0 Å². The van der Waals surface area contributed by atoms with Crippen molar-refractivity contribution in [1.82, 2.24) is 10.4 Å². The maximum atomic E-state index is 6.06. The molecule has 0 saturated carbocycles. The molecule has 0 aliphatic carbocycles. The molecule has 15 heavy (non-hydrogen) atoms. The SMILES string of the molecule is CC(C)CCC(NN)c1ncccc1Cl. The number of aromatic nitrogens is 1. The van der Waals surface area contributed by atoms with Gasteiger partial charge < -0.3 is 0 Å². The predicted molar refractivity (Wildman–Crippen MR) is 63.4 cm³/mol. The van der Waals surface area contributed by atoms with Gasteiger partial charge >= 0.3 is 0 Å². The molecule has 0 aliphatic rings. The number of nitrogens with one attached hydrogen (secondary N) is 1. The van der Waals surface area contributed by atoms with Gasteiger partial charge in [-0.25, -0.2) is 0 Å². The zero-order valence-corrected chi connectivity index (χ0v) is 9.96. The van der Waals surface area contributed by atoms with E-state index in [4.69, 9.17) is 17.4 Å². The molecule has 1 heterocycles. The largest absolute Gasteiger partial charge is 0.271 e. The van der Waals surface area contributed by atoms with Crippen molar-refractivity contribution in [3.8, 4) is 0 Å². The lowest BCUT2D eigenvalue weighted by molar-refractivity contribution is 0.441. The van der Waals surface area contributed by atoms with Crippen molar-refractivity contribution in [3.05, 3.63) is 29.0 Å². The van der Waals surface area contributed by atoms with Crippen molar-refractivity contribution in [3.63, 3.8) is 0 Å². The molecule has 1 rings (SSSR count). The Morgan fingerprint density at radius 2 is 2.20 bits per heavy atom. The molecule has 0 bridgehead atoms. The summed E-state index contributed by atoms with van der Waals surface area (Å²) in [7, 11) is 0. The molecule has 0 aliphatic heterocycles. The first-order valence-corrected chi connectivity index (χ1v) is 5.59. The second-order valence-corrected chi connectivity index (χ2v) is 4.47. The van der Waals surface area contributed by atoms with Crippen LogP contribution in [0, 0.1) is 5.92 Å². The van der Waals surface area contributed by atoms with Crippen LogP contribution in [0.4, 0.5) is 0 Å². The second kappa shape index (κ2) is 6.05. The summed E-state index contributed by atoms with van der Waals surface area (Å²) in [6, 6.07) is 3.70. The van der Waals surface area contributed by atoms with Gasteiger partial charge in [0.1, 0.15) is 0 Å². The summed E-state index contributed by atoms with van der Waals surface area (Å²) in [5.41, 5.74) is 3.60. The van der Waals surface area contributed by atoms with Gasteiger partial charge in [0, 0.05) is 6.20 Å². The van der Waals surface area contributed by atoms with Gasteiger partial charge in [0.25, 0.3) is 0 Å². The Balaban J connectivity index is 2.70. The molecule has 1 aromatic heterocycles. The highest BCUT2D eigenvalue weighted by atomic mass is 35.5. The van der Waals surface area contributed by atoms with Gasteiger partial charge in [0.05, 0.1) is 16.8 Å². The van der Waals surface area contributed by atoms with Gasteiger partial charge in [-0.1, -0.05) is 25.4 Å². The maximum absolute atomic E-state index is 6.06. The van der Waals surface area contributed by atoms with Crippen molar-refractivity contribution >= 4 is 11.6 Å². The number of nitrogens with two attached hydrogens (primary N) is 1. The third-order valence-electron chi connectivity index (χ3n) is 2.35. The Kier molecular flexibility index (Phi) is 5.02. The Morgan fingerprint density at radius 3 is 2.73 bits per heavy atom. The number of halogens is 1. The fourth-order valence-electron chi connectivity index (χ4n) is 1.45. The first kappa shape index (κ1) is 12.4. The molecule has 0 saturated heterocycles. The highest BCUT2D eigenvalue weighted by Crippen LogP contribution is 2.24. The zero-order valence-electron chi connectivity index (χ0n) is 9.20. The van der Waals surface area contributed by atoms with Gasteiger partial charge in [0.15, 0.2) is 0 Å². The molecule has 1 atom stereocenters. The maximum Gasteiger partial charge on any atom is 0.0772 e. The van der Waals surface area contributed by atoms with Crippen LogP contribution in [0.5, 0.6) is 0 Å². The number of hydrogen-bond acceptors (Lipinski definition) is 3. The Hall–Kier alpha value is -0.640. The summed E-state index contributed by atoms with van der Waals surface area (Å²) in [6.45, 7) is 4.38. The Bertz CT molecular complexity index is 302. The van der Waals surface area contributed by atoms with Crippen LogP contribution in [0.25, 0.3) is 0 Å². The standard InChI is InChI=1S/C11H18ClN3/c1-8(2)5-6-10(15-13)11-9(12)4-3-7-14-11/h3-4,7-8,10,15H,5-6,13H2,1-2H3. The van der Waals surface area contributed by atoms with Crippen LogP contribution in [-0.4, -0.2) is 4.98 Å². The Morgan fingerprint density at radius 1 is 1.47 bits per heavy atom. The molecule has 0 fully saturated rings. The van der Waals surface area contributed by atoms with Crippen LogP contribution in [0.2, 0.25) is 5.02 Å². The molecule has 4 heteroatoms. The number of pyridine rings is 1. The van der Waals surface area contributed by atoms with Gasteiger partial charge in [-0.3, -0.25) is 16.3 Å². The van der Waals surface area contributed by atoms with Crippen LogP contribution >= 0.6 is 11.6 Å². The first-order chi connectivity index (χ1) is 7.15. The predicted octanol–water partition coefficient (Wildman–Crippen LogP) is 2.68.